The molecule has 0 saturated heterocycles. The van der Waals surface area contributed by atoms with Crippen LogP contribution >= 0.6 is 0 Å². The average Bonchev–Trinajstić information content (AvgIpc) is 2.96. The SMILES string of the molecule is CCc1n[nH]c2c1CN(c1cc(C)nc3ccccc13)CC2. The number of hydrogen-bond acceptors (Lipinski definition) is 3. The van der Waals surface area contributed by atoms with Crippen molar-refractivity contribution >= 4 is 16.6 Å². The summed E-state index contributed by atoms with van der Waals surface area (Å²) >= 11 is 0. The fourth-order valence-corrected chi connectivity index (χ4v) is 3.40. The fourth-order valence-electron chi connectivity index (χ4n) is 3.40. The summed E-state index contributed by atoms with van der Waals surface area (Å²) in [5.74, 6) is 0. The molecule has 0 saturated carbocycles. The molecule has 112 valence electrons. The van der Waals surface area contributed by atoms with E-state index in [1.165, 1.54) is 28.0 Å². The topological polar surface area (TPSA) is 44.8 Å². The number of H-pyrrole nitrogens is 1. The summed E-state index contributed by atoms with van der Waals surface area (Å²) in [6.45, 7) is 6.19. The number of pyridine rings is 1. The van der Waals surface area contributed by atoms with Gasteiger partial charge in [0.05, 0.1) is 11.2 Å². The number of rotatable bonds is 2. The molecule has 0 atom stereocenters. The molecular weight excluding hydrogens is 272 g/mol. The number of nitrogens with zero attached hydrogens (tertiary/aromatic N) is 3. The number of hydrogen-bond donors (Lipinski definition) is 1. The van der Waals surface area contributed by atoms with Gasteiger partial charge in [-0.05, 0) is 25.5 Å². The molecule has 1 aromatic carbocycles. The zero-order chi connectivity index (χ0) is 15.1. The Morgan fingerprint density at radius 1 is 1.27 bits per heavy atom. The van der Waals surface area contributed by atoms with E-state index < -0.39 is 0 Å². The fraction of sp³-hybridized carbons (Fsp3) is 0.333. The number of fused-ring (bicyclic) bond motifs is 2. The third kappa shape index (κ3) is 2.06. The van der Waals surface area contributed by atoms with E-state index in [0.717, 1.165) is 37.1 Å². The molecule has 4 nitrogen and oxygen atoms in total. The van der Waals surface area contributed by atoms with Crippen LogP contribution in [0.2, 0.25) is 0 Å². The van der Waals surface area contributed by atoms with Crippen LogP contribution < -0.4 is 4.90 Å². The van der Waals surface area contributed by atoms with Gasteiger partial charge in [-0.2, -0.15) is 5.10 Å². The lowest BCUT2D eigenvalue weighted by Gasteiger charge is -2.30. The first-order chi connectivity index (χ1) is 10.8. The van der Waals surface area contributed by atoms with Crippen molar-refractivity contribution < 1.29 is 0 Å². The van der Waals surface area contributed by atoms with E-state index in [-0.39, 0.29) is 0 Å². The van der Waals surface area contributed by atoms with Gasteiger partial charge < -0.3 is 4.90 Å². The largest absolute Gasteiger partial charge is 0.366 e. The van der Waals surface area contributed by atoms with Gasteiger partial charge in [0.15, 0.2) is 0 Å². The van der Waals surface area contributed by atoms with Crippen molar-refractivity contribution in [1.29, 1.82) is 0 Å². The van der Waals surface area contributed by atoms with Crippen molar-refractivity contribution in [2.45, 2.75) is 33.2 Å². The molecule has 0 bridgehead atoms. The van der Waals surface area contributed by atoms with Crippen molar-refractivity contribution in [3.05, 3.63) is 53.0 Å². The zero-order valence-electron chi connectivity index (χ0n) is 13.1. The van der Waals surface area contributed by atoms with Gasteiger partial charge in [-0.1, -0.05) is 25.1 Å². The lowest BCUT2D eigenvalue weighted by atomic mass is 10.0. The standard InChI is InChI=1S/C18H20N4/c1-3-15-14-11-22(9-8-17(14)21-20-15)18-10-12(2)19-16-7-5-4-6-13(16)18/h4-7,10H,3,8-9,11H2,1-2H3,(H,20,21). The molecule has 22 heavy (non-hydrogen) atoms. The van der Waals surface area contributed by atoms with Crippen LogP contribution in [0.3, 0.4) is 0 Å². The van der Waals surface area contributed by atoms with E-state index in [4.69, 9.17) is 0 Å². The molecular formula is C18H20N4. The Morgan fingerprint density at radius 3 is 3.00 bits per heavy atom. The Kier molecular flexibility index (Phi) is 3.10. The van der Waals surface area contributed by atoms with Gasteiger partial charge in [0.2, 0.25) is 0 Å². The summed E-state index contributed by atoms with van der Waals surface area (Å²) in [7, 11) is 0. The number of anilines is 1. The summed E-state index contributed by atoms with van der Waals surface area (Å²) in [5, 5.41) is 8.90. The van der Waals surface area contributed by atoms with Crippen molar-refractivity contribution in [2.24, 2.45) is 0 Å². The smallest absolute Gasteiger partial charge is 0.0726 e. The van der Waals surface area contributed by atoms with Crippen LogP contribution in [0.4, 0.5) is 5.69 Å². The highest BCUT2D eigenvalue weighted by Gasteiger charge is 2.22. The van der Waals surface area contributed by atoms with Crippen LogP contribution in [0.15, 0.2) is 30.3 Å². The van der Waals surface area contributed by atoms with Gasteiger partial charge in [0.25, 0.3) is 0 Å². The van der Waals surface area contributed by atoms with Crippen LogP contribution in [-0.4, -0.2) is 21.7 Å². The zero-order valence-corrected chi connectivity index (χ0v) is 13.1. The lowest BCUT2D eigenvalue weighted by molar-refractivity contribution is 0.719. The second-order valence-electron chi connectivity index (χ2n) is 5.95. The van der Waals surface area contributed by atoms with Crippen LogP contribution in [0.5, 0.6) is 0 Å². The van der Waals surface area contributed by atoms with Gasteiger partial charge in [-0.15, -0.1) is 0 Å². The van der Waals surface area contributed by atoms with Crippen LogP contribution in [-0.2, 0) is 19.4 Å². The summed E-state index contributed by atoms with van der Waals surface area (Å²) in [6, 6.07) is 10.6. The van der Waals surface area contributed by atoms with Crippen molar-refractivity contribution in [3.8, 4) is 0 Å². The second-order valence-corrected chi connectivity index (χ2v) is 5.95. The highest BCUT2D eigenvalue weighted by molar-refractivity contribution is 5.92. The predicted molar refractivity (Wildman–Crippen MR) is 89.2 cm³/mol. The van der Waals surface area contributed by atoms with Crippen LogP contribution in [0.1, 0.15) is 29.6 Å². The Bertz CT molecular complexity index is 821. The van der Waals surface area contributed by atoms with Gasteiger partial charge >= 0.3 is 0 Å². The highest BCUT2D eigenvalue weighted by Crippen LogP contribution is 2.31. The van der Waals surface area contributed by atoms with Gasteiger partial charge in [0.1, 0.15) is 0 Å². The maximum absolute atomic E-state index is 4.65. The lowest BCUT2D eigenvalue weighted by Crippen LogP contribution is -2.30. The number of aryl methyl sites for hydroxylation is 2. The summed E-state index contributed by atoms with van der Waals surface area (Å²) < 4.78 is 0. The van der Waals surface area contributed by atoms with E-state index in [0.29, 0.717) is 0 Å². The molecule has 4 rings (SSSR count). The Morgan fingerprint density at radius 2 is 2.14 bits per heavy atom. The molecule has 0 unspecified atom stereocenters. The molecule has 3 heterocycles. The van der Waals surface area contributed by atoms with E-state index in [2.05, 4.69) is 64.3 Å². The molecule has 1 aliphatic rings. The first-order valence-electron chi connectivity index (χ1n) is 7.92. The number of aromatic nitrogens is 3. The number of aromatic amines is 1. The third-order valence-electron chi connectivity index (χ3n) is 4.52. The molecule has 1 aliphatic heterocycles. The monoisotopic (exact) mass is 292 g/mol. The highest BCUT2D eigenvalue weighted by atomic mass is 15.2. The second kappa shape index (κ2) is 5.13. The van der Waals surface area contributed by atoms with Gasteiger partial charge in [0, 0.05) is 47.5 Å². The van der Waals surface area contributed by atoms with Crippen LogP contribution in [0, 0.1) is 6.92 Å². The minimum Gasteiger partial charge on any atom is -0.366 e. The van der Waals surface area contributed by atoms with E-state index in [1.807, 2.05) is 0 Å². The molecule has 0 amide bonds. The Labute approximate surface area is 130 Å². The summed E-state index contributed by atoms with van der Waals surface area (Å²) in [6.07, 6.45) is 2.01. The predicted octanol–water partition coefficient (Wildman–Crippen LogP) is 3.39. The first-order valence-corrected chi connectivity index (χ1v) is 7.92. The minimum atomic E-state index is 0.933. The number of para-hydroxylation sites is 1. The first kappa shape index (κ1) is 13.3. The maximum Gasteiger partial charge on any atom is 0.0726 e. The molecule has 0 radical (unpaired) electrons. The Hall–Kier alpha value is -2.36. The number of nitrogens with one attached hydrogen (secondary N) is 1. The quantitative estimate of drug-likeness (QED) is 0.787. The summed E-state index contributed by atoms with van der Waals surface area (Å²) in [5.41, 5.74) is 7.33. The molecule has 0 fully saturated rings. The maximum atomic E-state index is 4.65. The van der Waals surface area contributed by atoms with E-state index >= 15 is 0 Å². The van der Waals surface area contributed by atoms with E-state index in [1.54, 1.807) is 0 Å². The van der Waals surface area contributed by atoms with Crippen molar-refractivity contribution in [2.75, 3.05) is 11.4 Å². The average molecular weight is 292 g/mol. The minimum absolute atomic E-state index is 0.933. The number of benzene rings is 1. The molecule has 1 N–H and O–H groups in total. The van der Waals surface area contributed by atoms with Crippen molar-refractivity contribution in [3.63, 3.8) is 0 Å². The molecule has 3 aromatic rings. The molecule has 0 spiro atoms. The van der Waals surface area contributed by atoms with Gasteiger partial charge in [-0.25, -0.2) is 0 Å². The normalized spacial score (nSPS) is 14.4. The van der Waals surface area contributed by atoms with E-state index in [9.17, 15) is 0 Å². The molecule has 0 aliphatic carbocycles. The van der Waals surface area contributed by atoms with Gasteiger partial charge in [-0.3, -0.25) is 10.1 Å². The molecule has 2 aromatic heterocycles. The summed E-state index contributed by atoms with van der Waals surface area (Å²) in [4.78, 5) is 7.12. The Balaban J connectivity index is 1.80. The third-order valence-corrected chi connectivity index (χ3v) is 4.52. The molecule has 4 heteroatoms. The van der Waals surface area contributed by atoms with Crippen LogP contribution in [0.25, 0.3) is 10.9 Å². The van der Waals surface area contributed by atoms with Crippen molar-refractivity contribution in [1.82, 2.24) is 15.2 Å².